The molecule has 188 valence electrons. The second-order valence-corrected chi connectivity index (χ2v) is 9.59. The first-order chi connectivity index (χ1) is 17.2. The molecule has 3 N–H and O–H groups in total. The maximum absolute atomic E-state index is 12.7. The summed E-state index contributed by atoms with van der Waals surface area (Å²) in [6.45, 7) is 6.10. The average molecular weight is 508 g/mol. The van der Waals surface area contributed by atoms with E-state index >= 15 is 0 Å². The number of amides is 1. The van der Waals surface area contributed by atoms with Crippen LogP contribution >= 0.6 is 11.6 Å². The van der Waals surface area contributed by atoms with Gasteiger partial charge >= 0.3 is 0 Å². The van der Waals surface area contributed by atoms with Gasteiger partial charge in [-0.05, 0) is 44.0 Å². The van der Waals surface area contributed by atoms with Crippen LogP contribution in [0.5, 0.6) is 5.75 Å². The van der Waals surface area contributed by atoms with Gasteiger partial charge < -0.3 is 20.5 Å². The fourth-order valence-electron chi connectivity index (χ4n) is 3.63. The number of nitrogens with one attached hydrogen (secondary N) is 1. The van der Waals surface area contributed by atoms with Gasteiger partial charge in [0.2, 0.25) is 11.6 Å². The van der Waals surface area contributed by atoms with Crippen molar-refractivity contribution in [2.75, 3.05) is 6.61 Å². The normalized spacial score (nSPS) is 12.5. The number of aryl methyl sites for hydroxylation is 1. The van der Waals surface area contributed by atoms with Gasteiger partial charge in [0.15, 0.2) is 11.6 Å². The van der Waals surface area contributed by atoms with E-state index in [1.54, 1.807) is 18.2 Å². The molecule has 36 heavy (non-hydrogen) atoms. The Bertz CT molecular complexity index is 1330. The zero-order valence-corrected chi connectivity index (χ0v) is 21.3. The van der Waals surface area contributed by atoms with Crippen molar-refractivity contribution < 1.29 is 14.3 Å². The molecule has 1 amide bonds. The van der Waals surface area contributed by atoms with E-state index in [4.69, 9.17) is 26.8 Å². The van der Waals surface area contributed by atoms with E-state index in [-0.39, 0.29) is 19.1 Å². The number of carbonyl (C=O) groups excluding carboxylic acids is 1. The number of nitrogens with two attached hydrogens (primary N) is 1. The quantitative estimate of drug-likeness (QED) is 0.330. The van der Waals surface area contributed by atoms with Crippen molar-refractivity contribution in [1.82, 2.24) is 19.9 Å². The highest BCUT2D eigenvalue weighted by Gasteiger charge is 2.28. The van der Waals surface area contributed by atoms with E-state index in [9.17, 15) is 4.79 Å². The molecule has 0 saturated heterocycles. The van der Waals surface area contributed by atoms with Crippen molar-refractivity contribution >= 4 is 23.2 Å². The molecule has 4 aromatic rings. The highest BCUT2D eigenvalue weighted by molar-refractivity contribution is 6.32. The molecule has 2 heterocycles. The van der Waals surface area contributed by atoms with Crippen molar-refractivity contribution in [3.8, 4) is 5.75 Å². The number of aromatic nitrogens is 3. The predicted molar refractivity (Wildman–Crippen MR) is 139 cm³/mol. The molecule has 0 spiro atoms. The molecule has 8 nitrogen and oxygen atoms in total. The summed E-state index contributed by atoms with van der Waals surface area (Å²) in [4.78, 5) is 12.7. The van der Waals surface area contributed by atoms with Gasteiger partial charge in [-0.1, -0.05) is 60.1 Å². The minimum atomic E-state index is -1.07. The highest BCUT2D eigenvalue weighted by atomic mass is 35.5. The van der Waals surface area contributed by atoms with Crippen LogP contribution in [0.25, 0.3) is 5.65 Å². The van der Waals surface area contributed by atoms with Crippen LogP contribution in [-0.2, 0) is 22.7 Å². The van der Waals surface area contributed by atoms with Gasteiger partial charge in [0, 0.05) is 11.8 Å². The summed E-state index contributed by atoms with van der Waals surface area (Å²) in [6.07, 6.45) is 1.82. The predicted octanol–water partition coefficient (Wildman–Crippen LogP) is 4.38. The summed E-state index contributed by atoms with van der Waals surface area (Å²) in [7, 11) is 0. The van der Waals surface area contributed by atoms with Crippen molar-refractivity contribution in [1.29, 1.82) is 0 Å². The van der Waals surface area contributed by atoms with E-state index in [1.807, 2.05) is 73.8 Å². The van der Waals surface area contributed by atoms with Gasteiger partial charge in [0.25, 0.3) is 0 Å². The fraction of sp³-hybridized carbons (Fsp3) is 0.296. The van der Waals surface area contributed by atoms with Gasteiger partial charge in [-0.3, -0.25) is 9.20 Å². The van der Waals surface area contributed by atoms with E-state index in [0.29, 0.717) is 28.9 Å². The van der Waals surface area contributed by atoms with Crippen LogP contribution in [0.1, 0.15) is 42.4 Å². The third-order valence-electron chi connectivity index (χ3n) is 5.68. The molecule has 0 fully saturated rings. The smallest absolute Gasteiger partial charge is 0.240 e. The number of hydrogen-bond donors (Lipinski definition) is 2. The minimum absolute atomic E-state index is 0.182. The number of nitrogens with zero attached hydrogens (tertiary/aromatic N) is 3. The first-order valence-electron chi connectivity index (χ1n) is 11.7. The molecule has 0 unspecified atom stereocenters. The number of fused-ring (bicyclic) bond motifs is 1. The van der Waals surface area contributed by atoms with Crippen LogP contribution in [-0.4, -0.2) is 32.7 Å². The van der Waals surface area contributed by atoms with E-state index in [0.717, 1.165) is 16.7 Å². The molecule has 0 bridgehead atoms. The van der Waals surface area contributed by atoms with Crippen molar-refractivity contribution in [2.24, 2.45) is 5.73 Å². The Hall–Kier alpha value is -3.46. The number of rotatable bonds is 10. The summed E-state index contributed by atoms with van der Waals surface area (Å²) in [5.74, 6) is 0.729. The Morgan fingerprint density at radius 2 is 1.86 bits per heavy atom. The number of benzene rings is 2. The molecule has 4 rings (SSSR count). The Labute approximate surface area is 215 Å². The molecule has 1 atom stereocenters. The molecular formula is C27H30ClN5O3. The molecule has 0 radical (unpaired) electrons. The Kier molecular flexibility index (Phi) is 7.88. The molecular weight excluding hydrogens is 478 g/mol. The second-order valence-electron chi connectivity index (χ2n) is 9.21. The van der Waals surface area contributed by atoms with Crippen molar-refractivity contribution in [3.63, 3.8) is 0 Å². The van der Waals surface area contributed by atoms with Crippen LogP contribution in [0.2, 0.25) is 5.02 Å². The zero-order chi connectivity index (χ0) is 25.7. The van der Waals surface area contributed by atoms with Crippen molar-refractivity contribution in [3.05, 3.63) is 94.4 Å². The monoisotopic (exact) mass is 507 g/mol. The lowest BCUT2D eigenvalue weighted by Crippen LogP contribution is -2.50. The molecule has 9 heteroatoms. The van der Waals surface area contributed by atoms with Crippen LogP contribution in [0.15, 0.2) is 66.9 Å². The van der Waals surface area contributed by atoms with E-state index in [1.165, 1.54) is 0 Å². The number of ether oxygens (including phenoxy) is 2. The maximum Gasteiger partial charge on any atom is 0.240 e. The van der Waals surface area contributed by atoms with E-state index < -0.39 is 11.6 Å². The highest BCUT2D eigenvalue weighted by Crippen LogP contribution is 2.25. The molecule has 0 aliphatic carbocycles. The fourth-order valence-corrected chi connectivity index (χ4v) is 3.81. The van der Waals surface area contributed by atoms with Crippen LogP contribution < -0.4 is 15.8 Å². The first kappa shape index (κ1) is 25.6. The van der Waals surface area contributed by atoms with Gasteiger partial charge in [0.1, 0.15) is 12.6 Å². The average Bonchev–Trinajstić information content (AvgIpc) is 3.29. The van der Waals surface area contributed by atoms with Gasteiger partial charge in [-0.15, -0.1) is 10.2 Å². The summed E-state index contributed by atoms with van der Waals surface area (Å²) in [6, 6.07) is 18.7. The number of halogens is 1. The third kappa shape index (κ3) is 6.02. The van der Waals surface area contributed by atoms with E-state index in [2.05, 4.69) is 15.5 Å². The lowest BCUT2D eigenvalue weighted by Gasteiger charge is -2.23. The molecule has 0 saturated carbocycles. The van der Waals surface area contributed by atoms with Crippen molar-refractivity contribution in [2.45, 2.75) is 45.6 Å². The van der Waals surface area contributed by atoms with Crippen LogP contribution in [0, 0.1) is 6.92 Å². The first-order valence-corrected chi connectivity index (χ1v) is 12.0. The Balaban J connectivity index is 1.57. The second kappa shape index (κ2) is 11.1. The number of pyridine rings is 1. The minimum Gasteiger partial charge on any atom is -0.485 e. The topological polar surface area (TPSA) is 104 Å². The molecule has 0 aliphatic rings. The lowest BCUT2D eigenvalue weighted by atomic mass is 10.1. The van der Waals surface area contributed by atoms with Gasteiger partial charge in [0.05, 0.1) is 23.8 Å². The standard InChI is InChI=1S/C27H30ClN5O3/c1-18-9-7-12-20(23(18)28)16-36-22-13-8-14-33-24(31-32-25(22)33)21(30-26(34)27(2,3)29)17-35-15-19-10-5-4-6-11-19/h4-14,21H,15-17,29H2,1-3H3,(H,30,34)/t21-/m1/s1. The lowest BCUT2D eigenvalue weighted by molar-refractivity contribution is -0.126. The summed E-state index contributed by atoms with van der Waals surface area (Å²) in [5, 5.41) is 12.4. The summed E-state index contributed by atoms with van der Waals surface area (Å²) < 4.78 is 13.8. The summed E-state index contributed by atoms with van der Waals surface area (Å²) >= 11 is 6.42. The molecule has 2 aromatic carbocycles. The van der Waals surface area contributed by atoms with Gasteiger partial charge in [-0.25, -0.2) is 0 Å². The van der Waals surface area contributed by atoms with Crippen LogP contribution in [0.3, 0.4) is 0 Å². The third-order valence-corrected chi connectivity index (χ3v) is 6.22. The maximum atomic E-state index is 12.7. The summed E-state index contributed by atoms with van der Waals surface area (Å²) in [5.41, 5.74) is 8.37. The largest absolute Gasteiger partial charge is 0.485 e. The molecule has 2 aromatic heterocycles. The SMILES string of the molecule is Cc1cccc(COc2cccn3c([C@@H](COCc4ccccc4)NC(=O)C(C)(C)N)nnc23)c1Cl. The Morgan fingerprint density at radius 1 is 1.08 bits per heavy atom. The molecule has 0 aliphatic heterocycles. The number of hydrogen-bond acceptors (Lipinski definition) is 6. The van der Waals surface area contributed by atoms with Gasteiger partial charge in [-0.2, -0.15) is 0 Å². The zero-order valence-electron chi connectivity index (χ0n) is 20.6. The van der Waals surface area contributed by atoms with Crippen LogP contribution in [0.4, 0.5) is 0 Å². The Morgan fingerprint density at radius 3 is 2.61 bits per heavy atom. The number of carbonyl (C=O) groups is 1.